The number of para-hydroxylation sites is 1. The van der Waals surface area contributed by atoms with Gasteiger partial charge < -0.3 is 9.88 Å². The first-order valence-corrected chi connectivity index (χ1v) is 8.07. The molecule has 7 heteroatoms. The van der Waals surface area contributed by atoms with E-state index >= 15 is 0 Å². The van der Waals surface area contributed by atoms with Gasteiger partial charge in [0, 0.05) is 18.4 Å². The first-order chi connectivity index (χ1) is 11.0. The molecule has 0 atom stereocenters. The Hall–Kier alpha value is -2.54. The van der Waals surface area contributed by atoms with E-state index in [4.69, 9.17) is 0 Å². The molecule has 0 fully saturated rings. The molecule has 0 bridgehead atoms. The van der Waals surface area contributed by atoms with Gasteiger partial charge in [-0.15, -0.1) is 0 Å². The molecule has 0 spiro atoms. The van der Waals surface area contributed by atoms with Crippen molar-refractivity contribution >= 4 is 34.4 Å². The molecule has 0 radical (unpaired) electrons. The topological polar surface area (TPSA) is 81.8 Å². The van der Waals surface area contributed by atoms with Crippen molar-refractivity contribution in [3.05, 3.63) is 52.4 Å². The van der Waals surface area contributed by atoms with Gasteiger partial charge in [-0.3, -0.25) is 14.6 Å². The number of benzene rings is 1. The number of rotatable bonds is 4. The molecule has 0 aliphatic carbocycles. The van der Waals surface area contributed by atoms with Crippen LogP contribution in [0, 0.1) is 6.92 Å². The maximum atomic E-state index is 12.2. The van der Waals surface area contributed by atoms with Gasteiger partial charge in [-0.25, -0.2) is 4.98 Å². The standard InChI is InChI=1S/C16H16N4O2S/c1-10-8-12-14(17-10)15(22)19-16(18-12)23-9-13(21)20(2)11-6-4-3-5-7-11/h3-8,17H,9H2,1-2H3,(H,18,19,22). The number of thioether (sulfide) groups is 1. The van der Waals surface area contributed by atoms with E-state index in [1.165, 1.54) is 11.8 Å². The number of aromatic nitrogens is 3. The number of anilines is 1. The van der Waals surface area contributed by atoms with Crippen molar-refractivity contribution in [2.75, 3.05) is 17.7 Å². The number of H-pyrrole nitrogens is 2. The Kier molecular flexibility index (Phi) is 4.20. The lowest BCUT2D eigenvalue weighted by atomic mass is 10.3. The maximum Gasteiger partial charge on any atom is 0.275 e. The molecular formula is C16H16N4O2S. The molecule has 0 aliphatic rings. The Labute approximate surface area is 136 Å². The molecule has 2 heterocycles. The van der Waals surface area contributed by atoms with E-state index in [2.05, 4.69) is 15.0 Å². The number of hydrogen-bond acceptors (Lipinski definition) is 4. The van der Waals surface area contributed by atoms with Crippen LogP contribution in [-0.4, -0.2) is 33.7 Å². The SMILES string of the molecule is Cc1cc2nc(SCC(=O)N(C)c3ccccc3)[nH]c(=O)c2[nH]1. The number of nitrogens with zero attached hydrogens (tertiary/aromatic N) is 2. The number of carbonyl (C=O) groups excluding carboxylic acids is 1. The van der Waals surface area contributed by atoms with Crippen molar-refractivity contribution in [3.8, 4) is 0 Å². The lowest BCUT2D eigenvalue weighted by Gasteiger charge is -2.16. The second-order valence-corrected chi connectivity index (χ2v) is 6.12. The first kappa shape index (κ1) is 15.4. The Morgan fingerprint density at radius 1 is 1.26 bits per heavy atom. The molecule has 0 saturated carbocycles. The number of hydrogen-bond donors (Lipinski definition) is 2. The highest BCUT2D eigenvalue weighted by Crippen LogP contribution is 2.18. The van der Waals surface area contributed by atoms with Crippen molar-refractivity contribution in [2.24, 2.45) is 0 Å². The normalized spacial score (nSPS) is 10.9. The van der Waals surface area contributed by atoms with Crippen LogP contribution in [0.2, 0.25) is 0 Å². The predicted octanol–water partition coefficient (Wildman–Crippen LogP) is 2.31. The zero-order chi connectivity index (χ0) is 16.4. The van der Waals surface area contributed by atoms with E-state index in [0.29, 0.717) is 16.2 Å². The molecule has 118 valence electrons. The number of aryl methyl sites for hydroxylation is 1. The second kappa shape index (κ2) is 6.29. The van der Waals surface area contributed by atoms with E-state index in [9.17, 15) is 9.59 Å². The van der Waals surface area contributed by atoms with Crippen molar-refractivity contribution in [3.63, 3.8) is 0 Å². The lowest BCUT2D eigenvalue weighted by Crippen LogP contribution is -2.28. The summed E-state index contributed by atoms with van der Waals surface area (Å²) in [6, 6.07) is 11.2. The third-order valence-electron chi connectivity index (χ3n) is 3.45. The van der Waals surface area contributed by atoms with Crippen LogP contribution in [0.3, 0.4) is 0 Å². The fourth-order valence-corrected chi connectivity index (χ4v) is 3.01. The molecule has 0 saturated heterocycles. The van der Waals surface area contributed by atoms with Gasteiger partial charge in [-0.1, -0.05) is 30.0 Å². The minimum atomic E-state index is -0.227. The second-order valence-electron chi connectivity index (χ2n) is 5.16. The molecule has 3 rings (SSSR count). The van der Waals surface area contributed by atoms with Crippen molar-refractivity contribution in [1.82, 2.24) is 15.0 Å². The summed E-state index contributed by atoms with van der Waals surface area (Å²) in [5, 5.41) is 0.441. The highest BCUT2D eigenvalue weighted by Gasteiger charge is 2.13. The van der Waals surface area contributed by atoms with Crippen molar-refractivity contribution in [1.29, 1.82) is 0 Å². The van der Waals surface area contributed by atoms with E-state index in [-0.39, 0.29) is 17.2 Å². The van der Waals surface area contributed by atoms with Gasteiger partial charge in [-0.05, 0) is 25.1 Å². The van der Waals surface area contributed by atoms with E-state index in [1.54, 1.807) is 11.9 Å². The van der Waals surface area contributed by atoms with Crippen LogP contribution in [-0.2, 0) is 4.79 Å². The summed E-state index contributed by atoms with van der Waals surface area (Å²) in [4.78, 5) is 35.8. The summed E-state index contributed by atoms with van der Waals surface area (Å²) in [7, 11) is 1.73. The van der Waals surface area contributed by atoms with Crippen LogP contribution < -0.4 is 10.5 Å². The monoisotopic (exact) mass is 328 g/mol. The molecule has 0 unspecified atom stereocenters. The maximum absolute atomic E-state index is 12.2. The lowest BCUT2D eigenvalue weighted by molar-refractivity contribution is -0.115. The average Bonchev–Trinajstić information content (AvgIpc) is 2.93. The summed E-state index contributed by atoms with van der Waals surface area (Å²) in [5.41, 5.74) is 2.54. The highest BCUT2D eigenvalue weighted by atomic mass is 32.2. The first-order valence-electron chi connectivity index (χ1n) is 7.08. The van der Waals surface area contributed by atoms with Gasteiger partial charge in [-0.2, -0.15) is 0 Å². The predicted molar refractivity (Wildman–Crippen MR) is 92.0 cm³/mol. The van der Waals surface area contributed by atoms with Crippen molar-refractivity contribution < 1.29 is 4.79 Å². The van der Waals surface area contributed by atoms with E-state index < -0.39 is 0 Å². The molecule has 2 N–H and O–H groups in total. The largest absolute Gasteiger partial charge is 0.353 e. The minimum absolute atomic E-state index is 0.0609. The summed E-state index contributed by atoms with van der Waals surface area (Å²) < 4.78 is 0. The number of nitrogens with one attached hydrogen (secondary N) is 2. The number of fused-ring (bicyclic) bond motifs is 1. The molecule has 6 nitrogen and oxygen atoms in total. The smallest absolute Gasteiger partial charge is 0.275 e. The van der Waals surface area contributed by atoms with Crippen LogP contribution in [0.25, 0.3) is 11.0 Å². The van der Waals surface area contributed by atoms with Gasteiger partial charge in [0.2, 0.25) is 5.91 Å². The average molecular weight is 328 g/mol. The fraction of sp³-hybridized carbons (Fsp3) is 0.188. The van der Waals surface area contributed by atoms with E-state index in [0.717, 1.165) is 11.4 Å². The molecule has 2 aromatic heterocycles. The molecule has 3 aromatic rings. The summed E-state index contributed by atoms with van der Waals surface area (Å²) in [6.45, 7) is 1.87. The zero-order valence-electron chi connectivity index (χ0n) is 12.8. The third-order valence-corrected chi connectivity index (χ3v) is 4.31. The van der Waals surface area contributed by atoms with Crippen LogP contribution in [0.15, 0.2) is 46.3 Å². The van der Waals surface area contributed by atoms with Crippen LogP contribution in [0.5, 0.6) is 0 Å². The minimum Gasteiger partial charge on any atom is -0.353 e. The Bertz CT molecular complexity index is 901. The van der Waals surface area contributed by atoms with Crippen LogP contribution in [0.1, 0.15) is 5.69 Å². The zero-order valence-corrected chi connectivity index (χ0v) is 13.6. The quantitative estimate of drug-likeness (QED) is 0.569. The van der Waals surface area contributed by atoms with Gasteiger partial charge in [0.05, 0.1) is 11.3 Å². The number of aromatic amines is 2. The molecule has 1 aromatic carbocycles. The fourth-order valence-electron chi connectivity index (χ4n) is 2.22. The molecule has 0 aliphatic heterocycles. The molecule has 23 heavy (non-hydrogen) atoms. The Balaban J connectivity index is 1.73. The third kappa shape index (κ3) is 3.29. The Morgan fingerprint density at radius 2 is 2.00 bits per heavy atom. The molecular weight excluding hydrogens is 312 g/mol. The van der Waals surface area contributed by atoms with Gasteiger partial charge in [0.15, 0.2) is 5.16 Å². The Morgan fingerprint density at radius 3 is 2.74 bits per heavy atom. The summed E-state index contributed by atoms with van der Waals surface area (Å²) in [6.07, 6.45) is 0. The van der Waals surface area contributed by atoms with Gasteiger partial charge in [0.1, 0.15) is 5.52 Å². The van der Waals surface area contributed by atoms with Crippen LogP contribution >= 0.6 is 11.8 Å². The van der Waals surface area contributed by atoms with Crippen molar-refractivity contribution in [2.45, 2.75) is 12.1 Å². The highest BCUT2D eigenvalue weighted by molar-refractivity contribution is 7.99. The number of amides is 1. The summed E-state index contributed by atoms with van der Waals surface area (Å²) >= 11 is 1.22. The van der Waals surface area contributed by atoms with Gasteiger partial charge in [0.25, 0.3) is 5.56 Å². The number of carbonyl (C=O) groups is 1. The van der Waals surface area contributed by atoms with Crippen LogP contribution in [0.4, 0.5) is 5.69 Å². The summed E-state index contributed by atoms with van der Waals surface area (Å²) in [5.74, 6) is 0.137. The van der Waals surface area contributed by atoms with Gasteiger partial charge >= 0.3 is 0 Å². The molecule has 1 amide bonds. The van der Waals surface area contributed by atoms with E-state index in [1.807, 2.05) is 43.3 Å².